The molecule has 0 saturated heterocycles. The topological polar surface area (TPSA) is 104 Å². The van der Waals surface area contributed by atoms with E-state index in [1.807, 2.05) is 20.8 Å². The zero-order valence-corrected chi connectivity index (χ0v) is 16.1. The summed E-state index contributed by atoms with van der Waals surface area (Å²) in [6.45, 7) is 5.64. The van der Waals surface area contributed by atoms with Gasteiger partial charge in [-0.15, -0.1) is 0 Å². The van der Waals surface area contributed by atoms with Crippen molar-refractivity contribution in [1.29, 1.82) is 0 Å². The predicted octanol–water partition coefficient (Wildman–Crippen LogP) is 3.42. The number of ketones is 1. The van der Waals surface area contributed by atoms with Crippen molar-refractivity contribution >= 4 is 28.4 Å². The second kappa shape index (κ2) is 7.82. The highest BCUT2D eigenvalue weighted by molar-refractivity contribution is 6.06. The van der Waals surface area contributed by atoms with E-state index in [4.69, 9.17) is 9.84 Å². The lowest BCUT2D eigenvalue weighted by Gasteiger charge is -2.14. The largest absolute Gasteiger partial charge is 0.491 e. The third kappa shape index (κ3) is 4.37. The smallest absolute Gasteiger partial charge is 0.255 e. The Balaban J connectivity index is 1.79. The molecule has 0 unspecified atom stereocenters. The number of ether oxygens (including phenoxy) is 1. The second-order valence-corrected chi connectivity index (χ2v) is 7.48. The van der Waals surface area contributed by atoms with Crippen LogP contribution in [-0.2, 0) is 0 Å². The maximum atomic E-state index is 12.5. The third-order valence-electron chi connectivity index (χ3n) is 4.11. The molecular weight excluding hydrogens is 358 g/mol. The lowest BCUT2D eigenvalue weighted by Crippen LogP contribution is -2.20. The highest BCUT2D eigenvalue weighted by Gasteiger charge is 2.24. The summed E-state index contributed by atoms with van der Waals surface area (Å²) in [5, 5.41) is 12.4. The Hall–Kier alpha value is -3.19. The van der Waals surface area contributed by atoms with Crippen molar-refractivity contribution in [2.75, 3.05) is 18.5 Å². The van der Waals surface area contributed by atoms with Crippen LogP contribution in [-0.4, -0.2) is 40.0 Å². The van der Waals surface area contributed by atoms with E-state index in [2.05, 4.69) is 15.3 Å². The first-order chi connectivity index (χ1) is 13.3. The fourth-order valence-corrected chi connectivity index (χ4v) is 2.70. The van der Waals surface area contributed by atoms with Gasteiger partial charge >= 0.3 is 0 Å². The number of hydrogen-bond acceptors (Lipinski definition) is 5. The van der Waals surface area contributed by atoms with E-state index in [-0.39, 0.29) is 24.9 Å². The number of carbonyl (C=O) groups is 2. The fourth-order valence-electron chi connectivity index (χ4n) is 2.70. The molecular formula is C21H23N3O4. The molecule has 7 heteroatoms. The summed E-state index contributed by atoms with van der Waals surface area (Å²) >= 11 is 0. The van der Waals surface area contributed by atoms with Crippen LogP contribution in [0.15, 0.2) is 42.6 Å². The van der Waals surface area contributed by atoms with Gasteiger partial charge in [-0.1, -0.05) is 26.8 Å². The molecule has 0 fully saturated rings. The number of hydrogen-bond donors (Lipinski definition) is 3. The van der Waals surface area contributed by atoms with Crippen molar-refractivity contribution in [3.05, 3.63) is 53.9 Å². The van der Waals surface area contributed by atoms with Crippen LogP contribution in [0.1, 0.15) is 41.6 Å². The van der Waals surface area contributed by atoms with E-state index in [9.17, 15) is 9.59 Å². The molecule has 146 valence electrons. The van der Waals surface area contributed by atoms with Gasteiger partial charge in [0.15, 0.2) is 5.78 Å². The molecule has 2 heterocycles. The molecule has 2 aromatic heterocycles. The number of aliphatic hydroxyl groups excluding tert-OH is 1. The van der Waals surface area contributed by atoms with Crippen molar-refractivity contribution < 1.29 is 19.4 Å². The number of aliphatic hydroxyl groups is 1. The molecule has 0 aliphatic heterocycles. The number of fused-ring (bicyclic) bond motifs is 1. The van der Waals surface area contributed by atoms with Gasteiger partial charge in [0, 0.05) is 16.4 Å². The number of aromatic amines is 1. The number of H-pyrrole nitrogens is 1. The number of nitrogens with one attached hydrogen (secondary N) is 2. The first-order valence-electron chi connectivity index (χ1n) is 8.96. The van der Waals surface area contributed by atoms with Crippen LogP contribution in [0.5, 0.6) is 5.75 Å². The highest BCUT2D eigenvalue weighted by atomic mass is 16.5. The Bertz CT molecular complexity index is 1020. The molecule has 0 saturated carbocycles. The van der Waals surface area contributed by atoms with Gasteiger partial charge in [-0.25, -0.2) is 4.98 Å². The van der Waals surface area contributed by atoms with Crippen LogP contribution in [0.3, 0.4) is 0 Å². The van der Waals surface area contributed by atoms with Crippen molar-refractivity contribution in [1.82, 2.24) is 9.97 Å². The van der Waals surface area contributed by atoms with Crippen LogP contribution in [0.4, 0.5) is 5.69 Å². The van der Waals surface area contributed by atoms with Crippen molar-refractivity contribution in [2.24, 2.45) is 5.41 Å². The van der Waals surface area contributed by atoms with Crippen LogP contribution < -0.4 is 10.1 Å². The quantitative estimate of drug-likeness (QED) is 0.568. The monoisotopic (exact) mass is 381 g/mol. The molecule has 3 aromatic rings. The van der Waals surface area contributed by atoms with Crippen molar-refractivity contribution in [2.45, 2.75) is 20.8 Å². The lowest BCUT2D eigenvalue weighted by molar-refractivity contribution is 0.0853. The highest BCUT2D eigenvalue weighted by Crippen LogP contribution is 2.24. The molecule has 3 N–H and O–H groups in total. The van der Waals surface area contributed by atoms with Crippen LogP contribution >= 0.6 is 0 Å². The maximum absolute atomic E-state index is 12.5. The molecule has 1 amide bonds. The molecule has 0 aliphatic rings. The zero-order chi connectivity index (χ0) is 20.3. The number of carbonyl (C=O) groups excluding carboxylic acids is 2. The summed E-state index contributed by atoms with van der Waals surface area (Å²) in [7, 11) is 0. The molecule has 7 nitrogen and oxygen atoms in total. The number of nitrogens with zero attached hydrogens (tertiary/aromatic N) is 1. The van der Waals surface area contributed by atoms with Crippen molar-refractivity contribution in [3.8, 4) is 5.75 Å². The zero-order valence-electron chi connectivity index (χ0n) is 16.1. The number of aromatic nitrogens is 2. The van der Waals surface area contributed by atoms with Gasteiger partial charge in [0.1, 0.15) is 18.0 Å². The number of Topliss-reactive ketones (excluding diaryl/α,β-unsaturated/α-hetero) is 1. The minimum absolute atomic E-state index is 0.00391. The minimum Gasteiger partial charge on any atom is -0.491 e. The normalized spacial score (nSPS) is 11.4. The van der Waals surface area contributed by atoms with Gasteiger partial charge in [0.2, 0.25) is 0 Å². The summed E-state index contributed by atoms with van der Waals surface area (Å²) in [5.41, 5.74) is 1.53. The lowest BCUT2D eigenvalue weighted by atomic mass is 9.89. The molecule has 1 aromatic carbocycles. The number of rotatable bonds is 6. The molecule has 0 spiro atoms. The first kappa shape index (κ1) is 19.6. The third-order valence-corrected chi connectivity index (χ3v) is 4.11. The van der Waals surface area contributed by atoms with E-state index in [1.54, 1.807) is 36.4 Å². The van der Waals surface area contributed by atoms with Gasteiger partial charge in [0.05, 0.1) is 24.2 Å². The Kier molecular flexibility index (Phi) is 5.46. The van der Waals surface area contributed by atoms with Gasteiger partial charge < -0.3 is 20.1 Å². The van der Waals surface area contributed by atoms with Crippen molar-refractivity contribution in [3.63, 3.8) is 0 Å². The first-order valence-corrected chi connectivity index (χ1v) is 8.96. The van der Waals surface area contributed by atoms with Gasteiger partial charge in [-0.2, -0.15) is 0 Å². The predicted molar refractivity (Wildman–Crippen MR) is 107 cm³/mol. The van der Waals surface area contributed by atoms with Crippen LogP contribution in [0.2, 0.25) is 0 Å². The Morgan fingerprint density at radius 3 is 2.71 bits per heavy atom. The summed E-state index contributed by atoms with van der Waals surface area (Å²) in [4.78, 5) is 32.3. The average molecular weight is 381 g/mol. The van der Waals surface area contributed by atoms with E-state index in [0.29, 0.717) is 28.3 Å². The van der Waals surface area contributed by atoms with E-state index in [1.165, 1.54) is 6.20 Å². The Morgan fingerprint density at radius 2 is 2.00 bits per heavy atom. The second-order valence-electron chi connectivity index (χ2n) is 7.48. The van der Waals surface area contributed by atoms with E-state index in [0.717, 1.165) is 5.39 Å². The number of anilines is 1. The van der Waals surface area contributed by atoms with E-state index < -0.39 is 5.41 Å². The fraction of sp³-hybridized carbons (Fsp3) is 0.286. The van der Waals surface area contributed by atoms with E-state index >= 15 is 0 Å². The summed E-state index contributed by atoms with van der Waals surface area (Å²) in [6, 6.07) is 10.2. The summed E-state index contributed by atoms with van der Waals surface area (Å²) < 4.78 is 5.33. The molecule has 0 aliphatic carbocycles. The van der Waals surface area contributed by atoms with Gasteiger partial charge in [-0.05, 0) is 30.3 Å². The minimum atomic E-state index is -0.499. The van der Waals surface area contributed by atoms with Gasteiger partial charge in [0.25, 0.3) is 5.91 Å². The molecule has 0 bridgehead atoms. The maximum Gasteiger partial charge on any atom is 0.255 e. The number of benzene rings is 1. The average Bonchev–Trinajstić information content (AvgIpc) is 3.08. The standard InChI is InChI=1S/C21H23N3O4/c1-21(2,3)18(26)17-11-14-9-15(12-22-19(14)24-17)23-20(27)13-5-4-6-16(10-13)28-8-7-25/h4-6,9-12,25H,7-8H2,1-3H3,(H,22,24)(H,23,27). The van der Waals surface area contributed by atoms with Crippen LogP contribution in [0.25, 0.3) is 11.0 Å². The molecule has 0 atom stereocenters. The summed E-state index contributed by atoms with van der Waals surface area (Å²) in [5.74, 6) is 0.194. The van der Waals surface area contributed by atoms with Gasteiger partial charge in [-0.3, -0.25) is 9.59 Å². The Labute approximate surface area is 162 Å². The number of amides is 1. The summed E-state index contributed by atoms with van der Waals surface area (Å²) in [6.07, 6.45) is 1.54. The molecule has 28 heavy (non-hydrogen) atoms. The molecule has 3 rings (SSSR count). The van der Waals surface area contributed by atoms with Crippen LogP contribution in [0, 0.1) is 5.41 Å². The number of pyridine rings is 1. The molecule has 0 radical (unpaired) electrons. The Morgan fingerprint density at radius 1 is 1.21 bits per heavy atom. The SMILES string of the molecule is CC(C)(C)C(=O)c1cc2cc(NC(=O)c3cccc(OCCO)c3)cnc2[nH]1.